The maximum atomic E-state index is 11.3. The first-order chi connectivity index (χ1) is 16.0. The lowest BCUT2D eigenvalue weighted by molar-refractivity contribution is -0.0302. The monoisotopic (exact) mass is 453 g/mol. The number of aromatic nitrogens is 4. The lowest BCUT2D eigenvalue weighted by Gasteiger charge is -2.30. The molecule has 33 heavy (non-hydrogen) atoms. The van der Waals surface area contributed by atoms with Crippen molar-refractivity contribution in [1.82, 2.24) is 29.5 Å². The van der Waals surface area contributed by atoms with E-state index in [9.17, 15) is 9.90 Å². The number of fused-ring (bicyclic) bond motifs is 2. The van der Waals surface area contributed by atoms with Gasteiger partial charge in [0.15, 0.2) is 5.65 Å². The molecule has 1 atom stereocenters. The van der Waals surface area contributed by atoms with E-state index in [1.54, 1.807) is 24.2 Å². The summed E-state index contributed by atoms with van der Waals surface area (Å²) in [5.41, 5.74) is 4.02. The lowest BCUT2D eigenvalue weighted by atomic mass is 9.99. The average molecular weight is 454 g/mol. The Morgan fingerprint density at radius 2 is 2.18 bits per heavy atom. The van der Waals surface area contributed by atoms with Crippen LogP contribution >= 0.6 is 0 Å². The Labute approximate surface area is 190 Å². The van der Waals surface area contributed by atoms with Crippen LogP contribution < -0.4 is 10.1 Å². The van der Waals surface area contributed by atoms with E-state index in [1.165, 1.54) is 16.0 Å². The molecule has 3 aromatic rings. The molecule has 4 heterocycles. The summed E-state index contributed by atoms with van der Waals surface area (Å²) >= 11 is 0. The minimum Gasteiger partial charge on any atom is -0.495 e. The molecule has 0 bridgehead atoms. The van der Waals surface area contributed by atoms with E-state index in [4.69, 9.17) is 9.47 Å². The van der Waals surface area contributed by atoms with Gasteiger partial charge in [0, 0.05) is 25.8 Å². The summed E-state index contributed by atoms with van der Waals surface area (Å²) in [5.74, 6) is 1.18. The van der Waals surface area contributed by atoms with E-state index in [-0.39, 0.29) is 6.10 Å². The Hall–Kier alpha value is -3.44. The smallest absolute Gasteiger partial charge is 0.407 e. The highest BCUT2D eigenvalue weighted by Crippen LogP contribution is 2.33. The molecule has 0 spiro atoms. The maximum Gasteiger partial charge on any atom is 0.407 e. The van der Waals surface area contributed by atoms with Crippen molar-refractivity contribution in [3.05, 3.63) is 35.7 Å². The fraction of sp³-hybridized carbons (Fsp3) is 0.455. The predicted molar refractivity (Wildman–Crippen MR) is 121 cm³/mol. The van der Waals surface area contributed by atoms with Gasteiger partial charge in [-0.15, -0.1) is 0 Å². The molecule has 2 aliphatic rings. The standard InChI is InChI=1S/C22H27N7O4/c1-27-4-3-14-8-19(32-2)18(7-15(14)11-27)25-21-23-9-16-10-24-29(20(16)26-21)13-17-12-28(22(30)31)5-6-33-17/h7-10,17H,3-6,11-13H2,1-2H3,(H,30,31)(H,23,25,26)/t17-/m1/s1. The molecule has 1 fully saturated rings. The number of nitrogens with zero attached hydrogens (tertiary/aromatic N) is 6. The molecule has 0 aliphatic carbocycles. The van der Waals surface area contributed by atoms with Crippen molar-refractivity contribution in [3.8, 4) is 5.75 Å². The van der Waals surface area contributed by atoms with Gasteiger partial charge in [0.05, 0.1) is 50.2 Å². The van der Waals surface area contributed by atoms with Crippen LogP contribution in [0.5, 0.6) is 5.75 Å². The molecular formula is C22H27N7O4. The number of carboxylic acid groups (broad SMARTS) is 1. The number of benzene rings is 1. The lowest BCUT2D eigenvalue weighted by Crippen LogP contribution is -2.46. The molecule has 0 saturated carbocycles. The van der Waals surface area contributed by atoms with E-state index in [2.05, 4.69) is 44.5 Å². The van der Waals surface area contributed by atoms with Crippen LogP contribution in [0.2, 0.25) is 0 Å². The molecule has 11 heteroatoms. The van der Waals surface area contributed by atoms with Gasteiger partial charge in [-0.05, 0) is 36.7 Å². The van der Waals surface area contributed by atoms with Gasteiger partial charge in [0.25, 0.3) is 0 Å². The summed E-state index contributed by atoms with van der Waals surface area (Å²) in [5, 5.41) is 17.8. The zero-order chi connectivity index (χ0) is 22.9. The highest BCUT2D eigenvalue weighted by atomic mass is 16.5. The number of methoxy groups -OCH3 is 1. The number of amides is 1. The van der Waals surface area contributed by atoms with Crippen molar-refractivity contribution in [2.45, 2.75) is 25.6 Å². The number of anilines is 2. The van der Waals surface area contributed by atoms with Crippen molar-refractivity contribution in [2.24, 2.45) is 0 Å². The van der Waals surface area contributed by atoms with E-state index in [0.29, 0.717) is 37.8 Å². The summed E-state index contributed by atoms with van der Waals surface area (Å²) in [4.78, 5) is 24.1. The molecule has 1 saturated heterocycles. The molecule has 11 nitrogen and oxygen atoms in total. The molecule has 5 rings (SSSR count). The van der Waals surface area contributed by atoms with Crippen molar-refractivity contribution >= 4 is 28.8 Å². The second-order valence-corrected chi connectivity index (χ2v) is 8.45. The molecule has 1 aromatic carbocycles. The van der Waals surface area contributed by atoms with Crippen molar-refractivity contribution in [1.29, 1.82) is 0 Å². The van der Waals surface area contributed by atoms with E-state index in [0.717, 1.165) is 36.3 Å². The van der Waals surface area contributed by atoms with Gasteiger partial charge >= 0.3 is 6.09 Å². The van der Waals surface area contributed by atoms with Gasteiger partial charge in [-0.25, -0.2) is 14.5 Å². The van der Waals surface area contributed by atoms with Crippen molar-refractivity contribution in [2.75, 3.05) is 45.7 Å². The van der Waals surface area contributed by atoms with E-state index >= 15 is 0 Å². The zero-order valence-corrected chi connectivity index (χ0v) is 18.7. The topological polar surface area (TPSA) is 118 Å². The Kier molecular flexibility index (Phi) is 5.73. The number of hydrogen-bond donors (Lipinski definition) is 2. The third-order valence-corrected chi connectivity index (χ3v) is 6.13. The summed E-state index contributed by atoms with van der Waals surface area (Å²) < 4.78 is 13.1. The van der Waals surface area contributed by atoms with Crippen molar-refractivity contribution < 1.29 is 19.4 Å². The number of likely N-dealkylation sites (N-methyl/N-ethyl adjacent to an activating group) is 1. The highest BCUT2D eigenvalue weighted by Gasteiger charge is 2.25. The Morgan fingerprint density at radius 3 is 3.00 bits per heavy atom. The summed E-state index contributed by atoms with van der Waals surface area (Å²) in [6.45, 7) is 3.36. The SMILES string of the molecule is COc1cc2c(cc1Nc1ncc3cnn(C[C@H]4CN(C(=O)O)CCO4)c3n1)CN(C)CC2. The summed E-state index contributed by atoms with van der Waals surface area (Å²) in [7, 11) is 3.77. The minimum absolute atomic E-state index is 0.290. The molecule has 0 unspecified atom stereocenters. The van der Waals surface area contributed by atoms with Crippen molar-refractivity contribution in [3.63, 3.8) is 0 Å². The van der Waals surface area contributed by atoms with Gasteiger partial charge in [-0.3, -0.25) is 0 Å². The predicted octanol–water partition coefficient (Wildman–Crippen LogP) is 1.95. The van der Waals surface area contributed by atoms with Gasteiger partial charge < -0.3 is 29.7 Å². The van der Waals surface area contributed by atoms with Crippen LogP contribution in [0.3, 0.4) is 0 Å². The minimum atomic E-state index is -0.937. The second-order valence-electron chi connectivity index (χ2n) is 8.45. The fourth-order valence-electron chi connectivity index (χ4n) is 4.37. The normalized spacial score (nSPS) is 18.8. The largest absolute Gasteiger partial charge is 0.495 e. The molecule has 2 N–H and O–H groups in total. The van der Waals surface area contributed by atoms with Crippen LogP contribution in [0.15, 0.2) is 24.5 Å². The maximum absolute atomic E-state index is 11.3. The zero-order valence-electron chi connectivity index (χ0n) is 18.7. The first kappa shape index (κ1) is 21.4. The fourth-order valence-corrected chi connectivity index (χ4v) is 4.37. The van der Waals surface area contributed by atoms with Gasteiger partial charge in [-0.1, -0.05) is 0 Å². The van der Waals surface area contributed by atoms with Crippen LogP contribution in [-0.4, -0.2) is 87.3 Å². The molecular weight excluding hydrogens is 426 g/mol. The summed E-state index contributed by atoms with van der Waals surface area (Å²) in [6, 6.07) is 4.19. The number of ether oxygens (including phenoxy) is 2. The Bertz CT molecular complexity index is 1180. The average Bonchev–Trinajstić information content (AvgIpc) is 3.20. The van der Waals surface area contributed by atoms with Crippen LogP contribution in [0.25, 0.3) is 11.0 Å². The van der Waals surface area contributed by atoms with E-state index in [1.807, 2.05) is 0 Å². The quantitative estimate of drug-likeness (QED) is 0.597. The number of nitrogens with one attached hydrogen (secondary N) is 1. The Balaban J connectivity index is 1.39. The van der Waals surface area contributed by atoms with Crippen LogP contribution in [0.4, 0.5) is 16.4 Å². The van der Waals surface area contributed by atoms with E-state index < -0.39 is 6.09 Å². The molecule has 1 amide bonds. The number of carbonyl (C=O) groups is 1. The van der Waals surface area contributed by atoms with Gasteiger partial charge in [-0.2, -0.15) is 10.1 Å². The summed E-state index contributed by atoms with van der Waals surface area (Å²) in [6.07, 6.45) is 3.19. The van der Waals surface area contributed by atoms with Crippen LogP contribution in [-0.2, 0) is 24.2 Å². The first-order valence-corrected chi connectivity index (χ1v) is 10.9. The molecule has 2 aromatic heterocycles. The van der Waals surface area contributed by atoms with Gasteiger partial charge in [0.1, 0.15) is 5.75 Å². The molecule has 2 aliphatic heterocycles. The number of rotatable bonds is 5. The number of hydrogen-bond acceptors (Lipinski definition) is 8. The molecule has 0 radical (unpaired) electrons. The van der Waals surface area contributed by atoms with Crippen LogP contribution in [0, 0.1) is 0 Å². The van der Waals surface area contributed by atoms with Crippen LogP contribution in [0.1, 0.15) is 11.1 Å². The third-order valence-electron chi connectivity index (χ3n) is 6.13. The highest BCUT2D eigenvalue weighted by molar-refractivity contribution is 5.76. The molecule has 174 valence electrons. The second kappa shape index (κ2) is 8.83. The van der Waals surface area contributed by atoms with Gasteiger partial charge in [0.2, 0.25) is 5.95 Å². The Morgan fingerprint density at radius 1 is 1.30 bits per heavy atom. The third kappa shape index (κ3) is 4.41. The number of morpholine rings is 1. The first-order valence-electron chi connectivity index (χ1n) is 10.9.